The third-order valence-corrected chi connectivity index (χ3v) is 1.02. The minimum Gasteiger partial charge on any atom is -0.269 e. The third kappa shape index (κ3) is 0.826. The fraction of sp³-hybridized carbons (Fsp3) is 0.200. The zero-order valence-corrected chi connectivity index (χ0v) is 4.50. The number of rotatable bonds is 1. The van der Waals surface area contributed by atoms with Gasteiger partial charge in [0.15, 0.2) is 6.80 Å². The van der Waals surface area contributed by atoms with Crippen molar-refractivity contribution in [3.63, 3.8) is 0 Å². The Kier molecular flexibility index (Phi) is 1.30. The summed E-state index contributed by atoms with van der Waals surface area (Å²) in [6, 6.07) is 0. The maximum absolute atomic E-state index is 11.6. The molecule has 0 aromatic rings. The molecule has 0 unspecified atom stereocenters. The molecule has 1 rings (SSSR count). The number of halogens is 1. The molecular weight excluding hydrogens is 125 g/mol. The summed E-state index contributed by atoms with van der Waals surface area (Å²) in [5.74, 6) is -1.16. The van der Waals surface area contributed by atoms with Crippen LogP contribution in [0.25, 0.3) is 0 Å². The molecule has 0 atom stereocenters. The summed E-state index contributed by atoms with van der Waals surface area (Å²) in [5, 5.41) is 0. The standard InChI is InChI=1S/C5H4FNO2/c6-3-7-4(8)1-2-5(7)9/h1-2H,3H2. The molecule has 0 aliphatic carbocycles. The lowest BCUT2D eigenvalue weighted by Crippen LogP contribution is -2.28. The smallest absolute Gasteiger partial charge is 0.255 e. The van der Waals surface area contributed by atoms with E-state index in [0.29, 0.717) is 4.90 Å². The van der Waals surface area contributed by atoms with Gasteiger partial charge in [0.2, 0.25) is 0 Å². The summed E-state index contributed by atoms with van der Waals surface area (Å²) in [5.41, 5.74) is 0. The molecule has 4 heteroatoms. The van der Waals surface area contributed by atoms with Gasteiger partial charge in [0.25, 0.3) is 11.8 Å². The highest BCUT2D eigenvalue weighted by atomic mass is 19.1. The monoisotopic (exact) mass is 129 g/mol. The van der Waals surface area contributed by atoms with Crippen molar-refractivity contribution in [2.24, 2.45) is 0 Å². The zero-order chi connectivity index (χ0) is 6.85. The van der Waals surface area contributed by atoms with Gasteiger partial charge in [-0.05, 0) is 0 Å². The van der Waals surface area contributed by atoms with E-state index in [1.807, 2.05) is 0 Å². The Balaban J connectivity index is 2.75. The van der Waals surface area contributed by atoms with Crippen LogP contribution >= 0.6 is 0 Å². The maximum Gasteiger partial charge on any atom is 0.255 e. The van der Waals surface area contributed by atoms with Crippen LogP contribution in [-0.2, 0) is 9.59 Å². The van der Waals surface area contributed by atoms with E-state index >= 15 is 0 Å². The highest BCUT2D eigenvalue weighted by Crippen LogP contribution is 2.01. The first-order valence-corrected chi connectivity index (χ1v) is 2.35. The second kappa shape index (κ2) is 1.97. The number of imide groups is 1. The van der Waals surface area contributed by atoms with E-state index in [1.54, 1.807) is 0 Å². The second-order valence-corrected chi connectivity index (χ2v) is 1.56. The molecule has 0 aromatic carbocycles. The molecule has 3 nitrogen and oxygen atoms in total. The quantitative estimate of drug-likeness (QED) is 0.364. The molecule has 1 heterocycles. The van der Waals surface area contributed by atoms with Crippen molar-refractivity contribution in [1.82, 2.24) is 4.90 Å². The molecule has 0 saturated carbocycles. The van der Waals surface area contributed by atoms with E-state index in [0.717, 1.165) is 12.2 Å². The first-order chi connectivity index (χ1) is 4.25. The van der Waals surface area contributed by atoms with Gasteiger partial charge >= 0.3 is 0 Å². The van der Waals surface area contributed by atoms with Crippen molar-refractivity contribution >= 4 is 11.8 Å². The van der Waals surface area contributed by atoms with Crippen molar-refractivity contribution in [2.45, 2.75) is 0 Å². The van der Waals surface area contributed by atoms with Crippen LogP contribution in [0.1, 0.15) is 0 Å². The molecule has 0 saturated heterocycles. The first-order valence-electron chi connectivity index (χ1n) is 2.35. The van der Waals surface area contributed by atoms with Gasteiger partial charge in [0, 0.05) is 12.2 Å². The van der Waals surface area contributed by atoms with Crippen molar-refractivity contribution in [3.8, 4) is 0 Å². The number of hydrogen-bond acceptors (Lipinski definition) is 2. The van der Waals surface area contributed by atoms with Gasteiger partial charge in [-0.3, -0.25) is 9.59 Å². The fourth-order valence-electron chi connectivity index (χ4n) is 0.549. The van der Waals surface area contributed by atoms with Crippen LogP contribution in [0, 0.1) is 0 Å². The SMILES string of the molecule is O=C1C=CC(=O)N1CF. The molecule has 0 fully saturated rings. The van der Waals surface area contributed by atoms with Gasteiger partial charge < -0.3 is 0 Å². The van der Waals surface area contributed by atoms with E-state index in [9.17, 15) is 14.0 Å². The van der Waals surface area contributed by atoms with Crippen LogP contribution in [0.4, 0.5) is 4.39 Å². The van der Waals surface area contributed by atoms with Gasteiger partial charge in [0.1, 0.15) is 0 Å². The lowest BCUT2D eigenvalue weighted by Gasteiger charge is -2.05. The molecule has 2 amide bonds. The van der Waals surface area contributed by atoms with Crippen LogP contribution in [0.5, 0.6) is 0 Å². The molecule has 1 aliphatic rings. The van der Waals surface area contributed by atoms with Crippen molar-refractivity contribution in [1.29, 1.82) is 0 Å². The molecule has 0 N–H and O–H groups in total. The van der Waals surface area contributed by atoms with E-state index in [1.165, 1.54) is 0 Å². The predicted molar refractivity (Wildman–Crippen MR) is 27.0 cm³/mol. The first kappa shape index (κ1) is 5.94. The molecule has 0 aromatic heterocycles. The predicted octanol–water partition coefficient (Wildman–Crippen LogP) is -0.162. The van der Waals surface area contributed by atoms with Crippen LogP contribution in [0.15, 0.2) is 12.2 Å². The van der Waals surface area contributed by atoms with Crippen molar-refractivity contribution in [2.75, 3.05) is 6.80 Å². The lowest BCUT2D eigenvalue weighted by atomic mass is 10.6. The molecule has 48 valence electrons. The number of amides is 2. The van der Waals surface area contributed by atoms with Crippen LogP contribution in [-0.4, -0.2) is 23.5 Å². The highest BCUT2D eigenvalue weighted by molar-refractivity contribution is 6.12. The summed E-state index contributed by atoms with van der Waals surface area (Å²) in [6.07, 6.45) is 2.09. The Morgan fingerprint density at radius 3 is 2.00 bits per heavy atom. The van der Waals surface area contributed by atoms with Crippen LogP contribution in [0.2, 0.25) is 0 Å². The van der Waals surface area contributed by atoms with E-state index in [2.05, 4.69) is 0 Å². The summed E-state index contributed by atoms with van der Waals surface area (Å²) in [6.45, 7) is -1.04. The Bertz CT molecular complexity index is 169. The maximum atomic E-state index is 11.6. The summed E-state index contributed by atoms with van der Waals surface area (Å²) < 4.78 is 11.6. The largest absolute Gasteiger partial charge is 0.269 e. The Hall–Kier alpha value is -1.19. The number of alkyl halides is 1. The van der Waals surface area contributed by atoms with Crippen LogP contribution in [0.3, 0.4) is 0 Å². The minimum atomic E-state index is -1.04. The highest BCUT2D eigenvalue weighted by Gasteiger charge is 2.22. The molecule has 9 heavy (non-hydrogen) atoms. The molecule has 0 radical (unpaired) electrons. The molecule has 1 aliphatic heterocycles. The topological polar surface area (TPSA) is 37.4 Å². The fourth-order valence-corrected chi connectivity index (χ4v) is 0.549. The normalized spacial score (nSPS) is 17.7. The summed E-state index contributed by atoms with van der Waals surface area (Å²) in [7, 11) is 0. The van der Waals surface area contributed by atoms with E-state index < -0.39 is 18.6 Å². The van der Waals surface area contributed by atoms with E-state index in [-0.39, 0.29) is 0 Å². The average Bonchev–Trinajstić information content (AvgIpc) is 2.12. The number of carbonyl (C=O) groups is 2. The van der Waals surface area contributed by atoms with Gasteiger partial charge in [0.05, 0.1) is 0 Å². The third-order valence-electron chi connectivity index (χ3n) is 1.02. The lowest BCUT2D eigenvalue weighted by molar-refractivity contribution is -0.138. The molecule has 0 spiro atoms. The van der Waals surface area contributed by atoms with E-state index in [4.69, 9.17) is 0 Å². The summed E-state index contributed by atoms with van der Waals surface area (Å²) in [4.78, 5) is 21.3. The van der Waals surface area contributed by atoms with Gasteiger partial charge in [-0.25, -0.2) is 9.29 Å². The van der Waals surface area contributed by atoms with Gasteiger partial charge in [-0.2, -0.15) is 0 Å². The van der Waals surface area contributed by atoms with Gasteiger partial charge in [-0.15, -0.1) is 0 Å². The second-order valence-electron chi connectivity index (χ2n) is 1.56. The Morgan fingerprint density at radius 2 is 1.78 bits per heavy atom. The number of hydrogen-bond donors (Lipinski definition) is 0. The van der Waals surface area contributed by atoms with Crippen molar-refractivity contribution < 1.29 is 14.0 Å². The molecular formula is C5H4FNO2. The zero-order valence-electron chi connectivity index (χ0n) is 4.50. The van der Waals surface area contributed by atoms with Crippen LogP contribution < -0.4 is 0 Å². The number of nitrogens with zero attached hydrogens (tertiary/aromatic N) is 1. The average molecular weight is 129 g/mol. The minimum absolute atomic E-state index is 0.514. The Labute approximate surface area is 50.8 Å². The molecule has 0 bridgehead atoms. The summed E-state index contributed by atoms with van der Waals surface area (Å²) >= 11 is 0. The van der Waals surface area contributed by atoms with Crippen molar-refractivity contribution in [3.05, 3.63) is 12.2 Å². The Morgan fingerprint density at radius 1 is 1.33 bits per heavy atom. The number of carbonyl (C=O) groups excluding carboxylic acids is 2. The van der Waals surface area contributed by atoms with Gasteiger partial charge in [-0.1, -0.05) is 0 Å².